The lowest BCUT2D eigenvalue weighted by Crippen LogP contribution is -2.59. The Bertz CT molecular complexity index is 570. The maximum absolute atomic E-state index is 11.7. The Balaban J connectivity index is 2.51. The van der Waals surface area contributed by atoms with Crippen LogP contribution in [-0.2, 0) is 16.6 Å². The Hall–Kier alpha value is -1.43. The summed E-state index contributed by atoms with van der Waals surface area (Å²) in [5.74, 6) is -0.368. The molecular formula is C19H31N3O2. The minimum atomic E-state index is -0.368. The van der Waals surface area contributed by atoms with Crippen molar-refractivity contribution in [3.63, 3.8) is 0 Å². The van der Waals surface area contributed by atoms with Crippen molar-refractivity contribution in [1.29, 1.82) is 0 Å². The number of carbonyl (C=O) groups excluding carboxylic acids is 1. The van der Waals surface area contributed by atoms with E-state index in [1.165, 1.54) is 11.1 Å². The smallest absolute Gasteiger partial charge is 0.248 e. The van der Waals surface area contributed by atoms with E-state index in [2.05, 4.69) is 24.5 Å². The van der Waals surface area contributed by atoms with Gasteiger partial charge in [-0.3, -0.25) is 4.79 Å². The van der Waals surface area contributed by atoms with Crippen molar-refractivity contribution in [1.82, 2.24) is 10.6 Å². The highest BCUT2D eigenvalue weighted by molar-refractivity contribution is 5.93. The summed E-state index contributed by atoms with van der Waals surface area (Å²) in [4.78, 5) is 11.7. The number of hydrogen-bond donors (Lipinski definition) is 3. The molecule has 0 aromatic heterocycles. The summed E-state index contributed by atoms with van der Waals surface area (Å²) in [6.07, 6.45) is 2.93. The van der Waals surface area contributed by atoms with Gasteiger partial charge < -0.3 is 21.1 Å². The van der Waals surface area contributed by atoms with Crippen LogP contribution >= 0.6 is 0 Å². The molecule has 5 nitrogen and oxygen atoms in total. The molecule has 0 spiro atoms. The number of benzene rings is 1. The fraction of sp³-hybridized carbons (Fsp3) is 0.632. The van der Waals surface area contributed by atoms with Gasteiger partial charge in [-0.1, -0.05) is 19.9 Å². The Morgan fingerprint density at radius 3 is 2.58 bits per heavy atom. The van der Waals surface area contributed by atoms with Gasteiger partial charge in [0.1, 0.15) is 0 Å². The van der Waals surface area contributed by atoms with E-state index in [0.29, 0.717) is 5.56 Å². The fourth-order valence-electron chi connectivity index (χ4n) is 4.20. The van der Waals surface area contributed by atoms with E-state index < -0.39 is 0 Å². The third-order valence-electron chi connectivity index (χ3n) is 5.62. The number of hydrogen-bond acceptors (Lipinski definition) is 4. The van der Waals surface area contributed by atoms with Crippen molar-refractivity contribution >= 4 is 5.91 Å². The number of ether oxygens (including phenoxy) is 1. The first kappa shape index (κ1) is 18.9. The molecule has 2 rings (SSSR count). The second-order valence-corrected chi connectivity index (χ2v) is 6.61. The van der Waals surface area contributed by atoms with Gasteiger partial charge in [0.15, 0.2) is 0 Å². The summed E-state index contributed by atoms with van der Waals surface area (Å²) >= 11 is 0. The predicted octanol–water partition coefficient (Wildman–Crippen LogP) is 1.59. The lowest BCUT2D eigenvalue weighted by Gasteiger charge is -2.49. The molecule has 1 amide bonds. The summed E-state index contributed by atoms with van der Waals surface area (Å²) in [5, 5.41) is 6.88. The van der Waals surface area contributed by atoms with Crippen LogP contribution in [0.25, 0.3) is 0 Å². The van der Waals surface area contributed by atoms with Crippen LogP contribution in [0.1, 0.15) is 48.2 Å². The molecular weight excluding hydrogens is 302 g/mol. The third kappa shape index (κ3) is 3.34. The summed E-state index contributed by atoms with van der Waals surface area (Å²) in [6, 6.07) is 6.09. The molecule has 1 aliphatic rings. The summed E-state index contributed by atoms with van der Waals surface area (Å²) < 4.78 is 5.85. The second kappa shape index (κ2) is 8.10. The number of fused-ring (bicyclic) bond motifs is 1. The largest absolute Gasteiger partial charge is 0.379 e. The fourth-order valence-corrected chi connectivity index (χ4v) is 4.20. The monoisotopic (exact) mass is 333 g/mol. The molecule has 2 atom stereocenters. The van der Waals surface area contributed by atoms with E-state index in [1.807, 2.05) is 25.2 Å². The van der Waals surface area contributed by atoms with E-state index in [0.717, 1.165) is 32.4 Å². The predicted molar refractivity (Wildman–Crippen MR) is 97.4 cm³/mol. The molecule has 5 heteroatoms. The van der Waals surface area contributed by atoms with Gasteiger partial charge in [-0.25, -0.2) is 0 Å². The van der Waals surface area contributed by atoms with Crippen molar-refractivity contribution < 1.29 is 9.53 Å². The number of primary amides is 1. The van der Waals surface area contributed by atoms with E-state index in [-0.39, 0.29) is 23.5 Å². The number of nitrogens with one attached hydrogen (secondary N) is 2. The van der Waals surface area contributed by atoms with E-state index in [9.17, 15) is 4.79 Å². The molecule has 2 unspecified atom stereocenters. The zero-order valence-electron chi connectivity index (χ0n) is 15.3. The van der Waals surface area contributed by atoms with Crippen molar-refractivity contribution in [3.05, 3.63) is 34.9 Å². The maximum atomic E-state index is 11.7. The minimum absolute atomic E-state index is 0.0620. The van der Waals surface area contributed by atoms with E-state index in [4.69, 9.17) is 10.5 Å². The average Bonchev–Trinajstić information content (AvgIpc) is 2.60. The van der Waals surface area contributed by atoms with Crippen LogP contribution in [0.3, 0.4) is 0 Å². The van der Waals surface area contributed by atoms with E-state index in [1.54, 1.807) is 7.11 Å². The van der Waals surface area contributed by atoms with Gasteiger partial charge in [0.2, 0.25) is 5.91 Å². The molecule has 0 radical (unpaired) electrons. The SMILES string of the molecule is CCC1(CC)c2cc(C(N)=O)ccc2CC(OC)C1NCCNC. The van der Waals surface area contributed by atoms with Crippen molar-refractivity contribution in [3.8, 4) is 0 Å². The van der Waals surface area contributed by atoms with Gasteiger partial charge in [0.25, 0.3) is 0 Å². The average molecular weight is 333 g/mol. The second-order valence-electron chi connectivity index (χ2n) is 6.61. The van der Waals surface area contributed by atoms with Gasteiger partial charge >= 0.3 is 0 Å². The molecule has 1 aromatic rings. The lowest BCUT2D eigenvalue weighted by atomic mass is 9.62. The normalized spacial score (nSPS) is 22.2. The van der Waals surface area contributed by atoms with Crippen molar-refractivity contribution in [2.24, 2.45) is 5.73 Å². The summed E-state index contributed by atoms with van der Waals surface area (Å²) in [5.41, 5.74) is 8.56. The highest BCUT2D eigenvalue weighted by Gasteiger charge is 2.46. The van der Waals surface area contributed by atoms with Crippen LogP contribution in [0.5, 0.6) is 0 Å². The van der Waals surface area contributed by atoms with Crippen LogP contribution in [0.2, 0.25) is 0 Å². The van der Waals surface area contributed by atoms with Crippen LogP contribution < -0.4 is 16.4 Å². The quantitative estimate of drug-likeness (QED) is 0.632. The van der Waals surface area contributed by atoms with Crippen LogP contribution in [0.15, 0.2) is 18.2 Å². The van der Waals surface area contributed by atoms with Gasteiger partial charge in [0, 0.05) is 43.6 Å². The number of likely N-dealkylation sites (N-methyl/N-ethyl adjacent to an activating group) is 1. The summed E-state index contributed by atoms with van der Waals surface area (Å²) in [6.45, 7) is 6.22. The summed E-state index contributed by atoms with van der Waals surface area (Å²) in [7, 11) is 3.74. The lowest BCUT2D eigenvalue weighted by molar-refractivity contribution is 0.0248. The Morgan fingerprint density at radius 2 is 2.04 bits per heavy atom. The van der Waals surface area contributed by atoms with Gasteiger partial charge in [-0.15, -0.1) is 0 Å². The first-order valence-corrected chi connectivity index (χ1v) is 8.88. The topological polar surface area (TPSA) is 76.4 Å². The molecule has 24 heavy (non-hydrogen) atoms. The first-order valence-electron chi connectivity index (χ1n) is 8.88. The van der Waals surface area contributed by atoms with Crippen LogP contribution in [0, 0.1) is 0 Å². The Labute approximate surface area is 145 Å². The van der Waals surface area contributed by atoms with Gasteiger partial charge in [-0.05, 0) is 43.1 Å². The van der Waals surface area contributed by atoms with Crippen LogP contribution in [0.4, 0.5) is 0 Å². The maximum Gasteiger partial charge on any atom is 0.248 e. The number of nitrogens with two attached hydrogens (primary N) is 1. The van der Waals surface area contributed by atoms with Gasteiger partial charge in [0.05, 0.1) is 6.10 Å². The molecule has 0 saturated heterocycles. The highest BCUT2D eigenvalue weighted by atomic mass is 16.5. The van der Waals surface area contributed by atoms with Gasteiger partial charge in [-0.2, -0.15) is 0 Å². The van der Waals surface area contributed by atoms with Crippen molar-refractivity contribution in [2.75, 3.05) is 27.2 Å². The molecule has 0 heterocycles. The number of rotatable bonds is 8. The molecule has 134 valence electrons. The molecule has 0 aliphatic heterocycles. The minimum Gasteiger partial charge on any atom is -0.379 e. The van der Waals surface area contributed by atoms with Crippen LogP contribution in [-0.4, -0.2) is 45.3 Å². The Kier molecular flexibility index (Phi) is 6.38. The van der Waals surface area contributed by atoms with E-state index >= 15 is 0 Å². The highest BCUT2D eigenvalue weighted by Crippen LogP contribution is 2.44. The first-order chi connectivity index (χ1) is 11.5. The molecule has 1 aromatic carbocycles. The molecule has 0 saturated carbocycles. The standard InChI is InChI=1S/C19H31N3O2/c1-5-19(6-2)15-11-14(18(20)23)8-7-13(15)12-16(24-4)17(19)22-10-9-21-3/h7-8,11,16-17,21-22H,5-6,9-10,12H2,1-4H3,(H2,20,23). The third-order valence-corrected chi connectivity index (χ3v) is 5.62. The Morgan fingerprint density at radius 1 is 1.33 bits per heavy atom. The zero-order chi connectivity index (χ0) is 17.7. The zero-order valence-corrected chi connectivity index (χ0v) is 15.3. The molecule has 1 aliphatic carbocycles. The number of carbonyl (C=O) groups is 1. The van der Waals surface area contributed by atoms with Crippen molar-refractivity contribution in [2.45, 2.75) is 50.7 Å². The molecule has 4 N–H and O–H groups in total. The number of amides is 1. The molecule has 0 bridgehead atoms. The molecule has 0 fully saturated rings. The number of methoxy groups -OCH3 is 1.